The molecular formula is C24H19FN2O5S. The topological polar surface area (TPSA) is 113 Å². The maximum Gasteiger partial charge on any atom is 0.307 e. The van der Waals surface area contributed by atoms with Crippen molar-refractivity contribution in [2.45, 2.75) is 11.3 Å². The van der Waals surface area contributed by atoms with Crippen molar-refractivity contribution in [2.24, 2.45) is 0 Å². The Balaban J connectivity index is 1.82. The molecule has 3 aromatic carbocycles. The zero-order valence-corrected chi connectivity index (χ0v) is 18.2. The van der Waals surface area contributed by atoms with Gasteiger partial charge in [0.15, 0.2) is 9.84 Å². The molecule has 9 heteroatoms. The molecule has 0 radical (unpaired) electrons. The van der Waals surface area contributed by atoms with Crippen molar-refractivity contribution < 1.29 is 27.5 Å². The molecule has 3 aromatic rings. The minimum atomic E-state index is -3.37. The lowest BCUT2D eigenvalue weighted by atomic mass is 9.98. The monoisotopic (exact) mass is 466 g/mol. The number of carbonyl (C=O) groups excluding carboxylic acids is 1. The molecule has 168 valence electrons. The molecule has 1 heterocycles. The summed E-state index contributed by atoms with van der Waals surface area (Å²) in [5, 5.41) is 14.8. The standard InChI is InChI=1S/C24H19FN2O5S/c1-33(31,32)18-9-7-17(8-10-18)26-23(15-4-2-14(3-5-15)12-21(28)29)22-19-11-6-16(25)13-20(19)27-24(22)30/h2-11,13,26H,12H2,1H3,(H,27,30)(H,28,29)/b23-22-. The molecule has 0 bridgehead atoms. The normalized spacial score (nSPS) is 14.4. The van der Waals surface area contributed by atoms with Crippen LogP contribution in [-0.4, -0.2) is 31.7 Å². The van der Waals surface area contributed by atoms with Crippen LogP contribution in [0.4, 0.5) is 15.8 Å². The lowest BCUT2D eigenvalue weighted by Crippen LogP contribution is -2.10. The van der Waals surface area contributed by atoms with Crippen molar-refractivity contribution in [1.29, 1.82) is 0 Å². The van der Waals surface area contributed by atoms with Crippen molar-refractivity contribution in [1.82, 2.24) is 0 Å². The molecule has 0 aromatic heterocycles. The molecule has 1 aliphatic rings. The number of anilines is 2. The number of fused-ring (bicyclic) bond motifs is 1. The van der Waals surface area contributed by atoms with Crippen molar-refractivity contribution in [2.75, 3.05) is 16.9 Å². The van der Waals surface area contributed by atoms with Crippen molar-refractivity contribution in [3.8, 4) is 0 Å². The van der Waals surface area contributed by atoms with Gasteiger partial charge in [-0.3, -0.25) is 9.59 Å². The quantitative estimate of drug-likeness (QED) is 0.477. The molecular weight excluding hydrogens is 447 g/mol. The highest BCUT2D eigenvalue weighted by Crippen LogP contribution is 2.38. The highest BCUT2D eigenvalue weighted by molar-refractivity contribution is 7.90. The van der Waals surface area contributed by atoms with Gasteiger partial charge >= 0.3 is 5.97 Å². The van der Waals surface area contributed by atoms with Gasteiger partial charge < -0.3 is 15.7 Å². The van der Waals surface area contributed by atoms with Gasteiger partial charge in [-0.25, -0.2) is 12.8 Å². The van der Waals surface area contributed by atoms with E-state index in [2.05, 4.69) is 10.6 Å². The van der Waals surface area contributed by atoms with Gasteiger partial charge in [-0.05, 0) is 53.6 Å². The van der Waals surface area contributed by atoms with Crippen LogP contribution < -0.4 is 10.6 Å². The van der Waals surface area contributed by atoms with Crippen LogP contribution in [0.25, 0.3) is 11.3 Å². The number of aliphatic carboxylic acids is 1. The average Bonchev–Trinajstić information content (AvgIpc) is 3.06. The summed E-state index contributed by atoms with van der Waals surface area (Å²) >= 11 is 0. The molecule has 0 saturated carbocycles. The zero-order chi connectivity index (χ0) is 23.8. The number of sulfone groups is 1. The highest BCUT2D eigenvalue weighted by atomic mass is 32.2. The van der Waals surface area contributed by atoms with E-state index in [4.69, 9.17) is 5.11 Å². The van der Waals surface area contributed by atoms with Crippen LogP contribution in [0.3, 0.4) is 0 Å². The second kappa shape index (κ2) is 8.51. The summed E-state index contributed by atoms with van der Waals surface area (Å²) in [6, 6.07) is 16.7. The van der Waals surface area contributed by atoms with Gasteiger partial charge in [0.1, 0.15) is 5.82 Å². The first-order valence-electron chi connectivity index (χ1n) is 9.85. The molecule has 3 N–H and O–H groups in total. The fourth-order valence-corrected chi connectivity index (χ4v) is 4.20. The van der Waals surface area contributed by atoms with Crippen LogP contribution in [0.15, 0.2) is 71.6 Å². The Morgan fingerprint density at radius 1 is 1.03 bits per heavy atom. The lowest BCUT2D eigenvalue weighted by Gasteiger charge is -2.15. The van der Waals surface area contributed by atoms with Crippen molar-refractivity contribution >= 4 is 44.4 Å². The number of carboxylic acids is 1. The molecule has 0 saturated heterocycles. The number of benzene rings is 3. The molecule has 0 spiro atoms. The number of hydrogen-bond acceptors (Lipinski definition) is 5. The van der Waals surface area contributed by atoms with E-state index in [1.807, 2.05) is 0 Å². The van der Waals surface area contributed by atoms with E-state index >= 15 is 0 Å². The zero-order valence-electron chi connectivity index (χ0n) is 17.4. The van der Waals surface area contributed by atoms with E-state index in [1.165, 1.54) is 30.3 Å². The van der Waals surface area contributed by atoms with Gasteiger partial charge in [0.25, 0.3) is 5.91 Å². The smallest absolute Gasteiger partial charge is 0.307 e. The van der Waals surface area contributed by atoms with E-state index in [9.17, 15) is 22.4 Å². The van der Waals surface area contributed by atoms with Crippen LogP contribution >= 0.6 is 0 Å². The number of amides is 1. The first kappa shape index (κ1) is 22.2. The second-order valence-corrected chi connectivity index (χ2v) is 9.60. The molecule has 0 aliphatic carbocycles. The summed E-state index contributed by atoms with van der Waals surface area (Å²) in [6.45, 7) is 0. The number of carbonyl (C=O) groups is 2. The summed E-state index contributed by atoms with van der Waals surface area (Å²) < 4.78 is 37.2. The molecule has 7 nitrogen and oxygen atoms in total. The van der Waals surface area contributed by atoms with Crippen LogP contribution in [-0.2, 0) is 25.8 Å². The third-order valence-electron chi connectivity index (χ3n) is 5.13. The molecule has 4 rings (SSSR count). The van der Waals surface area contributed by atoms with Crippen LogP contribution in [0.5, 0.6) is 0 Å². The Labute approximate surface area is 189 Å². The summed E-state index contributed by atoms with van der Waals surface area (Å²) in [5.74, 6) is -1.88. The molecule has 33 heavy (non-hydrogen) atoms. The van der Waals surface area contributed by atoms with E-state index < -0.39 is 27.5 Å². The first-order valence-corrected chi connectivity index (χ1v) is 11.7. The second-order valence-electron chi connectivity index (χ2n) is 7.58. The summed E-state index contributed by atoms with van der Waals surface area (Å²) in [5.41, 5.74) is 3.25. The van der Waals surface area contributed by atoms with Gasteiger partial charge in [-0.15, -0.1) is 0 Å². The SMILES string of the molecule is CS(=O)(=O)c1ccc(N/C(=C2\C(=O)Nc3cc(F)ccc32)c2ccc(CC(=O)O)cc2)cc1. The van der Waals surface area contributed by atoms with Gasteiger partial charge in [0, 0.05) is 17.5 Å². The maximum atomic E-state index is 13.7. The van der Waals surface area contributed by atoms with Gasteiger partial charge in [-0.1, -0.05) is 24.3 Å². The number of carboxylic acid groups (broad SMARTS) is 1. The number of hydrogen-bond donors (Lipinski definition) is 3. The van der Waals surface area contributed by atoms with Crippen molar-refractivity contribution in [3.63, 3.8) is 0 Å². The Morgan fingerprint density at radius 2 is 1.70 bits per heavy atom. The average molecular weight is 466 g/mol. The van der Waals surface area contributed by atoms with Gasteiger partial charge in [0.05, 0.1) is 28.3 Å². The van der Waals surface area contributed by atoms with E-state index in [0.717, 1.165) is 6.26 Å². The Morgan fingerprint density at radius 3 is 2.30 bits per heavy atom. The first-order chi connectivity index (χ1) is 15.6. The number of nitrogens with one attached hydrogen (secondary N) is 2. The minimum Gasteiger partial charge on any atom is -0.481 e. The molecule has 1 aliphatic heterocycles. The maximum absolute atomic E-state index is 13.7. The van der Waals surface area contributed by atoms with Crippen LogP contribution in [0, 0.1) is 5.82 Å². The molecule has 0 unspecified atom stereocenters. The predicted octanol–water partition coefficient (Wildman–Crippen LogP) is 3.79. The molecule has 0 atom stereocenters. The highest BCUT2D eigenvalue weighted by Gasteiger charge is 2.29. The lowest BCUT2D eigenvalue weighted by molar-refractivity contribution is -0.136. The molecule has 1 amide bonds. The van der Waals surface area contributed by atoms with E-state index in [-0.39, 0.29) is 16.9 Å². The number of halogens is 1. The Bertz CT molecular complexity index is 1400. The van der Waals surface area contributed by atoms with Gasteiger partial charge in [0.2, 0.25) is 0 Å². The van der Waals surface area contributed by atoms with E-state index in [0.29, 0.717) is 33.8 Å². The summed E-state index contributed by atoms with van der Waals surface area (Å²) in [4.78, 5) is 24.0. The minimum absolute atomic E-state index is 0.144. The fourth-order valence-electron chi connectivity index (χ4n) is 3.57. The van der Waals surface area contributed by atoms with Crippen molar-refractivity contribution in [3.05, 3.63) is 89.2 Å². The van der Waals surface area contributed by atoms with Crippen LogP contribution in [0.1, 0.15) is 16.7 Å². The van der Waals surface area contributed by atoms with Crippen LogP contribution in [0.2, 0.25) is 0 Å². The molecule has 0 fully saturated rings. The fraction of sp³-hybridized carbons (Fsp3) is 0.0833. The summed E-state index contributed by atoms with van der Waals surface area (Å²) in [7, 11) is -3.37. The van der Waals surface area contributed by atoms with E-state index in [1.54, 1.807) is 36.4 Å². The predicted molar refractivity (Wildman–Crippen MR) is 123 cm³/mol. The Kier molecular flexibility index (Phi) is 5.73. The Hall–Kier alpha value is -3.98. The van der Waals surface area contributed by atoms with Gasteiger partial charge in [-0.2, -0.15) is 0 Å². The summed E-state index contributed by atoms with van der Waals surface area (Å²) in [6.07, 6.45) is 0.968. The largest absolute Gasteiger partial charge is 0.481 e. The third kappa shape index (κ3) is 4.78. The number of rotatable bonds is 6. The third-order valence-corrected chi connectivity index (χ3v) is 6.25.